The van der Waals surface area contributed by atoms with Crippen molar-refractivity contribution in [3.8, 4) is 11.6 Å². The van der Waals surface area contributed by atoms with Crippen molar-refractivity contribution >= 4 is 37.5 Å². The summed E-state index contributed by atoms with van der Waals surface area (Å²) in [6, 6.07) is 7.86. The normalized spacial score (nSPS) is 14.1. The number of halogens is 1. The second-order valence-corrected chi connectivity index (χ2v) is 7.53. The smallest absolute Gasteiger partial charge is 0.231 e. The highest BCUT2D eigenvalue weighted by Crippen LogP contribution is 2.40. The summed E-state index contributed by atoms with van der Waals surface area (Å²) in [6.45, 7) is 1.92. The number of nitrogens with zero attached hydrogens (tertiary/aromatic N) is 2. The number of aromatic nitrogens is 2. The zero-order valence-electron chi connectivity index (χ0n) is 12.2. The topological polar surface area (TPSA) is 35.0 Å². The largest absolute Gasteiger partial charge is 0.438 e. The molecular weight excluding hydrogens is 360 g/mol. The first-order chi connectivity index (χ1) is 10.7. The predicted octanol–water partition coefficient (Wildman–Crippen LogP) is 5.43. The van der Waals surface area contributed by atoms with Gasteiger partial charge in [0.2, 0.25) is 5.88 Å². The van der Waals surface area contributed by atoms with Crippen LogP contribution in [0.15, 0.2) is 28.7 Å². The summed E-state index contributed by atoms with van der Waals surface area (Å²) >= 11 is 5.28. The molecule has 4 rings (SSSR count). The molecule has 3 nitrogen and oxygen atoms in total. The molecule has 5 heteroatoms. The average molecular weight is 375 g/mol. The number of ether oxygens (including phenoxy) is 1. The second-order valence-electron chi connectivity index (χ2n) is 5.53. The van der Waals surface area contributed by atoms with Crippen LogP contribution in [0.4, 0.5) is 0 Å². The highest BCUT2D eigenvalue weighted by molar-refractivity contribution is 9.10. The Labute approximate surface area is 141 Å². The Morgan fingerprint density at radius 3 is 2.91 bits per heavy atom. The standard InChI is InChI=1S/C17H15BrN2OS/c1-10-19-16(21-12-6-4-5-11(18)9-12)15-13-7-2-3-8-14(13)22-17(15)20-10/h4-6,9H,2-3,7-8H2,1H3. The predicted molar refractivity (Wildman–Crippen MR) is 93.0 cm³/mol. The zero-order chi connectivity index (χ0) is 15.1. The van der Waals surface area contributed by atoms with Gasteiger partial charge in [-0.3, -0.25) is 0 Å². The molecule has 0 radical (unpaired) electrons. The number of hydrogen-bond donors (Lipinski definition) is 0. The third-order valence-corrected chi connectivity index (χ3v) is 5.58. The van der Waals surface area contributed by atoms with Gasteiger partial charge in [-0.15, -0.1) is 11.3 Å². The third kappa shape index (κ3) is 2.52. The summed E-state index contributed by atoms with van der Waals surface area (Å²) in [4.78, 5) is 11.7. The third-order valence-electron chi connectivity index (χ3n) is 3.90. The molecular formula is C17H15BrN2OS. The first kappa shape index (κ1) is 14.2. The van der Waals surface area contributed by atoms with E-state index < -0.39 is 0 Å². The Balaban J connectivity index is 1.87. The van der Waals surface area contributed by atoms with E-state index in [4.69, 9.17) is 4.74 Å². The van der Waals surface area contributed by atoms with Gasteiger partial charge >= 0.3 is 0 Å². The minimum absolute atomic E-state index is 0.694. The van der Waals surface area contributed by atoms with Gasteiger partial charge in [-0.05, 0) is 56.4 Å². The molecule has 0 N–H and O–H groups in total. The van der Waals surface area contributed by atoms with E-state index in [1.807, 2.05) is 31.2 Å². The maximum atomic E-state index is 6.10. The zero-order valence-corrected chi connectivity index (χ0v) is 14.6. The van der Waals surface area contributed by atoms with Crippen molar-refractivity contribution in [1.82, 2.24) is 9.97 Å². The molecule has 0 saturated carbocycles. The maximum Gasteiger partial charge on any atom is 0.231 e. The van der Waals surface area contributed by atoms with Crippen LogP contribution >= 0.6 is 27.3 Å². The van der Waals surface area contributed by atoms with Crippen molar-refractivity contribution in [2.24, 2.45) is 0 Å². The van der Waals surface area contributed by atoms with E-state index in [0.29, 0.717) is 5.88 Å². The van der Waals surface area contributed by atoms with E-state index >= 15 is 0 Å². The molecule has 0 bridgehead atoms. The van der Waals surface area contributed by atoms with Gasteiger partial charge in [0.25, 0.3) is 0 Å². The van der Waals surface area contributed by atoms with E-state index in [9.17, 15) is 0 Å². The highest BCUT2D eigenvalue weighted by Gasteiger charge is 2.21. The van der Waals surface area contributed by atoms with Gasteiger partial charge in [-0.25, -0.2) is 4.98 Å². The minimum atomic E-state index is 0.694. The average Bonchev–Trinajstić information content (AvgIpc) is 2.85. The molecule has 22 heavy (non-hydrogen) atoms. The molecule has 2 aromatic heterocycles. The molecule has 0 fully saturated rings. The molecule has 0 aliphatic heterocycles. The fraction of sp³-hybridized carbons (Fsp3) is 0.294. The molecule has 0 atom stereocenters. The van der Waals surface area contributed by atoms with Crippen LogP contribution in [-0.4, -0.2) is 9.97 Å². The first-order valence-electron chi connectivity index (χ1n) is 7.43. The monoisotopic (exact) mass is 374 g/mol. The lowest BCUT2D eigenvalue weighted by Gasteiger charge is -2.12. The molecule has 112 valence electrons. The lowest BCUT2D eigenvalue weighted by molar-refractivity contribution is 0.466. The number of benzene rings is 1. The number of aryl methyl sites for hydroxylation is 3. The number of hydrogen-bond acceptors (Lipinski definition) is 4. The van der Waals surface area contributed by atoms with Gasteiger partial charge in [0.15, 0.2) is 0 Å². The lowest BCUT2D eigenvalue weighted by Crippen LogP contribution is -2.00. The lowest BCUT2D eigenvalue weighted by atomic mass is 9.97. The first-order valence-corrected chi connectivity index (χ1v) is 9.04. The summed E-state index contributed by atoms with van der Waals surface area (Å²) in [5, 5.41) is 1.12. The van der Waals surface area contributed by atoms with Crippen LogP contribution in [0.25, 0.3) is 10.2 Å². The Hall–Kier alpha value is -1.46. The summed E-state index contributed by atoms with van der Waals surface area (Å²) in [6.07, 6.45) is 4.78. The summed E-state index contributed by atoms with van der Waals surface area (Å²) in [5.41, 5.74) is 1.40. The van der Waals surface area contributed by atoms with Gasteiger partial charge < -0.3 is 4.74 Å². The van der Waals surface area contributed by atoms with Crippen LogP contribution in [0.3, 0.4) is 0 Å². The highest BCUT2D eigenvalue weighted by atomic mass is 79.9. The fourth-order valence-electron chi connectivity index (χ4n) is 2.94. The summed E-state index contributed by atoms with van der Waals surface area (Å²) in [5.74, 6) is 2.25. The van der Waals surface area contributed by atoms with Crippen LogP contribution in [0.2, 0.25) is 0 Å². The van der Waals surface area contributed by atoms with E-state index in [1.165, 1.54) is 23.3 Å². The molecule has 1 aromatic carbocycles. The van der Waals surface area contributed by atoms with Crippen molar-refractivity contribution < 1.29 is 4.74 Å². The van der Waals surface area contributed by atoms with Crippen molar-refractivity contribution in [2.75, 3.05) is 0 Å². The van der Waals surface area contributed by atoms with Crippen molar-refractivity contribution in [3.05, 3.63) is 45.0 Å². The molecule has 0 unspecified atom stereocenters. The van der Waals surface area contributed by atoms with Crippen LogP contribution in [-0.2, 0) is 12.8 Å². The van der Waals surface area contributed by atoms with Gasteiger partial charge in [-0.2, -0.15) is 4.98 Å². The van der Waals surface area contributed by atoms with Gasteiger partial charge in [0, 0.05) is 9.35 Å². The number of fused-ring (bicyclic) bond motifs is 3. The van der Waals surface area contributed by atoms with E-state index in [-0.39, 0.29) is 0 Å². The van der Waals surface area contributed by atoms with Gasteiger partial charge in [0.05, 0.1) is 5.39 Å². The Kier molecular flexibility index (Phi) is 3.62. The Morgan fingerprint density at radius 1 is 1.18 bits per heavy atom. The Morgan fingerprint density at radius 2 is 2.05 bits per heavy atom. The van der Waals surface area contributed by atoms with Crippen LogP contribution in [0.1, 0.15) is 29.1 Å². The molecule has 0 spiro atoms. The fourth-order valence-corrected chi connectivity index (χ4v) is 4.62. The molecule has 3 aromatic rings. The van der Waals surface area contributed by atoms with Crippen LogP contribution < -0.4 is 4.74 Å². The molecule has 0 saturated heterocycles. The quantitative estimate of drug-likeness (QED) is 0.599. The van der Waals surface area contributed by atoms with Gasteiger partial charge in [0.1, 0.15) is 16.4 Å². The summed E-state index contributed by atoms with van der Waals surface area (Å²) in [7, 11) is 0. The van der Waals surface area contributed by atoms with E-state index in [2.05, 4.69) is 25.9 Å². The minimum Gasteiger partial charge on any atom is -0.438 e. The maximum absolute atomic E-state index is 6.10. The molecule has 2 heterocycles. The second kappa shape index (κ2) is 5.63. The molecule has 1 aliphatic carbocycles. The van der Waals surface area contributed by atoms with Crippen molar-refractivity contribution in [2.45, 2.75) is 32.6 Å². The number of rotatable bonds is 2. The van der Waals surface area contributed by atoms with Crippen molar-refractivity contribution in [1.29, 1.82) is 0 Å². The molecule has 0 amide bonds. The molecule has 1 aliphatic rings. The van der Waals surface area contributed by atoms with Gasteiger partial charge in [-0.1, -0.05) is 22.0 Å². The number of thiophene rings is 1. The van der Waals surface area contributed by atoms with Crippen LogP contribution in [0, 0.1) is 6.92 Å². The SMILES string of the molecule is Cc1nc(Oc2cccc(Br)c2)c2c3c(sc2n1)CCCC3. The van der Waals surface area contributed by atoms with Crippen molar-refractivity contribution in [3.63, 3.8) is 0 Å². The van der Waals surface area contributed by atoms with E-state index in [1.54, 1.807) is 11.3 Å². The van der Waals surface area contributed by atoms with Crippen LogP contribution in [0.5, 0.6) is 11.6 Å². The van der Waals surface area contributed by atoms with E-state index in [0.717, 1.165) is 39.1 Å². The summed E-state index contributed by atoms with van der Waals surface area (Å²) < 4.78 is 7.10. The Bertz CT molecular complexity index is 859.